The number of carboxylic acids is 1. The summed E-state index contributed by atoms with van der Waals surface area (Å²) in [6.07, 6.45) is -0.454. The molecule has 12 heteroatoms. The number of sulfonamides is 1. The van der Waals surface area contributed by atoms with Gasteiger partial charge in [0.2, 0.25) is 10.0 Å². The van der Waals surface area contributed by atoms with E-state index in [1.165, 1.54) is 18.2 Å². The number of urea groups is 1. The van der Waals surface area contributed by atoms with Crippen molar-refractivity contribution in [1.82, 2.24) is 10.0 Å². The summed E-state index contributed by atoms with van der Waals surface area (Å²) in [5, 5.41) is 17.8. The summed E-state index contributed by atoms with van der Waals surface area (Å²) in [7, 11) is -4.05. The first-order valence-electron chi connectivity index (χ1n) is 12.5. The Kier molecular flexibility index (Phi) is 9.07. The highest BCUT2D eigenvalue weighted by Crippen LogP contribution is 2.26. The summed E-state index contributed by atoms with van der Waals surface area (Å²) >= 11 is 0. The van der Waals surface area contributed by atoms with Crippen LogP contribution in [0.15, 0.2) is 102 Å². The van der Waals surface area contributed by atoms with Crippen LogP contribution >= 0.6 is 0 Å². The van der Waals surface area contributed by atoms with Gasteiger partial charge in [-0.05, 0) is 65.2 Å². The molecule has 4 aromatic carbocycles. The Hall–Kier alpha value is -5.07. The van der Waals surface area contributed by atoms with E-state index in [0.717, 1.165) is 5.56 Å². The maximum absolute atomic E-state index is 13.1. The van der Waals surface area contributed by atoms with E-state index in [2.05, 4.69) is 20.7 Å². The van der Waals surface area contributed by atoms with Crippen LogP contribution in [-0.4, -0.2) is 32.2 Å². The molecule has 0 radical (unpaired) electrons. The maximum Gasteiger partial charge on any atom is 0.320 e. The van der Waals surface area contributed by atoms with Gasteiger partial charge in [-0.25, -0.2) is 17.9 Å². The van der Waals surface area contributed by atoms with Gasteiger partial charge in [-0.15, -0.1) is 0 Å². The minimum absolute atomic E-state index is 0.0271. The van der Waals surface area contributed by atoms with Crippen molar-refractivity contribution in [3.63, 3.8) is 0 Å². The van der Waals surface area contributed by atoms with E-state index in [1.807, 2.05) is 18.2 Å². The van der Waals surface area contributed by atoms with Crippen LogP contribution in [0.25, 0.3) is 11.1 Å². The van der Waals surface area contributed by atoms with Gasteiger partial charge in [-0.1, -0.05) is 48.5 Å². The number of aliphatic carboxylic acids is 1. The van der Waals surface area contributed by atoms with E-state index in [9.17, 15) is 23.1 Å². The monoisotopic (exact) mass is 574 g/mol. The van der Waals surface area contributed by atoms with Gasteiger partial charge in [-0.2, -0.15) is 0 Å². The Morgan fingerprint density at radius 1 is 0.829 bits per heavy atom. The van der Waals surface area contributed by atoms with Crippen LogP contribution in [0.4, 0.5) is 27.5 Å². The van der Waals surface area contributed by atoms with Crippen molar-refractivity contribution in [1.29, 1.82) is 0 Å². The number of hydrogen-bond donors (Lipinski definition) is 7. The SMILES string of the molecule is Nc1cccc(C(CC(=O)O)NS(=O)(=O)c2ccc(-c3cccc(NC(=O)NCNc4ccccc4N)c3)cc2)c1. The van der Waals surface area contributed by atoms with Crippen molar-refractivity contribution in [3.8, 4) is 11.1 Å². The zero-order valence-corrected chi connectivity index (χ0v) is 22.7. The quantitative estimate of drug-likeness (QED) is 0.102. The number of nitrogens with one attached hydrogen (secondary N) is 4. The van der Waals surface area contributed by atoms with Gasteiger partial charge in [0, 0.05) is 11.4 Å². The molecule has 0 aromatic heterocycles. The van der Waals surface area contributed by atoms with Crippen molar-refractivity contribution < 1.29 is 23.1 Å². The van der Waals surface area contributed by atoms with Gasteiger partial charge < -0.3 is 32.5 Å². The molecule has 4 rings (SSSR count). The number of carbonyl (C=O) groups excluding carboxylic acids is 1. The Balaban J connectivity index is 1.41. The second-order valence-corrected chi connectivity index (χ2v) is 10.8. The maximum atomic E-state index is 13.1. The van der Waals surface area contributed by atoms with Crippen molar-refractivity contribution >= 4 is 44.8 Å². The van der Waals surface area contributed by atoms with Crippen molar-refractivity contribution in [2.45, 2.75) is 17.4 Å². The molecule has 0 saturated carbocycles. The van der Waals surface area contributed by atoms with E-state index in [1.54, 1.807) is 60.7 Å². The first kappa shape index (κ1) is 28.9. The molecule has 212 valence electrons. The first-order chi connectivity index (χ1) is 19.6. The largest absolute Gasteiger partial charge is 0.481 e. The summed E-state index contributed by atoms with van der Waals surface area (Å²) < 4.78 is 28.7. The number of benzene rings is 4. The zero-order chi connectivity index (χ0) is 29.4. The molecule has 4 aromatic rings. The van der Waals surface area contributed by atoms with Crippen LogP contribution in [0.5, 0.6) is 0 Å². The molecule has 9 N–H and O–H groups in total. The van der Waals surface area contributed by atoms with E-state index >= 15 is 0 Å². The standard InChI is InChI=1S/C29H30N6O5S/c30-22-7-3-6-21(15-22)27(17-28(36)37)35-41(39,40)24-13-11-19(12-14-24)20-5-4-8-23(16-20)34-29(38)33-18-32-26-10-2-1-9-25(26)31/h1-16,27,32,35H,17-18,30-31H2,(H,36,37)(H2,33,34,38). The lowest BCUT2D eigenvalue weighted by Crippen LogP contribution is -2.33. The molecule has 0 saturated heterocycles. The molecular formula is C29H30N6O5S. The number of rotatable bonds is 11. The van der Waals surface area contributed by atoms with Crippen LogP contribution in [-0.2, 0) is 14.8 Å². The van der Waals surface area contributed by atoms with Crippen LogP contribution < -0.4 is 32.1 Å². The number of carboxylic acid groups (broad SMARTS) is 1. The molecule has 11 nitrogen and oxygen atoms in total. The van der Waals surface area contributed by atoms with Gasteiger partial charge >= 0.3 is 12.0 Å². The third-order valence-corrected chi connectivity index (χ3v) is 7.58. The fourth-order valence-electron chi connectivity index (χ4n) is 4.09. The predicted octanol–water partition coefficient (Wildman–Crippen LogP) is 4.20. The lowest BCUT2D eigenvalue weighted by atomic mass is 10.0. The Labute approximate surface area is 237 Å². The summed E-state index contributed by atoms with van der Waals surface area (Å²) in [5.74, 6) is -1.16. The molecule has 0 heterocycles. The molecule has 1 atom stereocenters. The number of nitrogen functional groups attached to an aromatic ring is 2. The average molecular weight is 575 g/mol. The number of nitrogens with two attached hydrogens (primary N) is 2. The van der Waals surface area contributed by atoms with Crippen molar-refractivity contribution in [2.75, 3.05) is 28.8 Å². The van der Waals surface area contributed by atoms with E-state index < -0.39 is 34.5 Å². The lowest BCUT2D eigenvalue weighted by molar-refractivity contribution is -0.137. The summed E-state index contributed by atoms with van der Waals surface area (Å²) in [6, 6.07) is 25.4. The Morgan fingerprint density at radius 3 is 2.27 bits per heavy atom. The Bertz CT molecular complexity index is 1640. The molecule has 0 spiro atoms. The normalized spacial score (nSPS) is 11.8. The van der Waals surface area contributed by atoms with Crippen molar-refractivity contribution in [2.24, 2.45) is 0 Å². The molecule has 1 unspecified atom stereocenters. The third-order valence-electron chi connectivity index (χ3n) is 6.10. The molecule has 0 fully saturated rings. The average Bonchev–Trinajstić information content (AvgIpc) is 2.93. The second-order valence-electron chi connectivity index (χ2n) is 9.12. The third kappa shape index (κ3) is 7.97. The first-order valence-corrected chi connectivity index (χ1v) is 14.0. The molecule has 0 bridgehead atoms. The number of anilines is 4. The van der Waals surface area contributed by atoms with Crippen molar-refractivity contribution in [3.05, 3.63) is 103 Å². The van der Waals surface area contributed by atoms with Crippen LogP contribution in [0.3, 0.4) is 0 Å². The topological polar surface area (TPSA) is 189 Å². The summed E-state index contributed by atoms with van der Waals surface area (Å²) in [4.78, 5) is 23.7. The van der Waals surface area contributed by atoms with E-state index in [4.69, 9.17) is 11.5 Å². The lowest BCUT2D eigenvalue weighted by Gasteiger charge is -2.18. The van der Waals surface area contributed by atoms with Gasteiger partial charge in [-0.3, -0.25) is 4.79 Å². The minimum atomic E-state index is -4.05. The van der Waals surface area contributed by atoms with Gasteiger partial charge in [0.25, 0.3) is 0 Å². The number of carbonyl (C=O) groups is 2. The fourth-order valence-corrected chi connectivity index (χ4v) is 5.31. The number of amides is 2. The molecule has 2 amide bonds. The predicted molar refractivity (Wildman–Crippen MR) is 160 cm³/mol. The van der Waals surface area contributed by atoms with Crippen LogP contribution in [0, 0.1) is 0 Å². The molecule has 0 aliphatic heterocycles. The summed E-state index contributed by atoms with van der Waals surface area (Å²) in [6.45, 7) is 0.161. The zero-order valence-electron chi connectivity index (χ0n) is 21.9. The highest BCUT2D eigenvalue weighted by molar-refractivity contribution is 7.89. The summed E-state index contributed by atoms with van der Waals surface area (Å²) in [5.41, 5.74) is 15.8. The van der Waals surface area contributed by atoms with Crippen LogP contribution in [0.2, 0.25) is 0 Å². The fraction of sp³-hybridized carbons (Fsp3) is 0.103. The number of hydrogen-bond acceptors (Lipinski definition) is 7. The van der Waals surface area contributed by atoms with E-state index in [0.29, 0.717) is 33.9 Å². The second kappa shape index (κ2) is 12.9. The number of para-hydroxylation sites is 2. The van der Waals surface area contributed by atoms with E-state index in [-0.39, 0.29) is 11.6 Å². The Morgan fingerprint density at radius 2 is 1.56 bits per heavy atom. The molecule has 0 aliphatic rings. The van der Waals surface area contributed by atoms with Gasteiger partial charge in [0.15, 0.2) is 0 Å². The van der Waals surface area contributed by atoms with Gasteiger partial charge in [0.1, 0.15) is 0 Å². The minimum Gasteiger partial charge on any atom is -0.481 e. The van der Waals surface area contributed by atoms with Crippen LogP contribution in [0.1, 0.15) is 18.0 Å². The highest BCUT2D eigenvalue weighted by atomic mass is 32.2. The highest BCUT2D eigenvalue weighted by Gasteiger charge is 2.24. The van der Waals surface area contributed by atoms with Gasteiger partial charge in [0.05, 0.1) is 35.4 Å². The molecule has 41 heavy (non-hydrogen) atoms. The smallest absolute Gasteiger partial charge is 0.320 e. The molecule has 0 aliphatic carbocycles. The molecular weight excluding hydrogens is 544 g/mol.